The summed E-state index contributed by atoms with van der Waals surface area (Å²) < 4.78 is 21.9. The molecule has 0 radical (unpaired) electrons. The van der Waals surface area contributed by atoms with Crippen LogP contribution in [0.4, 0.5) is 10.1 Å². The molecule has 2 atom stereocenters. The monoisotopic (exact) mass is 465 g/mol. The highest BCUT2D eigenvalue weighted by Gasteiger charge is 2.26. The number of nitrogens with one attached hydrogen (secondary N) is 2. The van der Waals surface area contributed by atoms with Gasteiger partial charge in [0.2, 0.25) is 5.91 Å². The summed E-state index contributed by atoms with van der Waals surface area (Å²) in [6.07, 6.45) is 4.01. The van der Waals surface area contributed by atoms with Gasteiger partial charge in [0.25, 0.3) is 0 Å². The number of nitrogens with zero attached hydrogens (tertiary/aromatic N) is 3. The number of fused-ring (bicyclic) bond motifs is 1. The second-order valence-corrected chi connectivity index (χ2v) is 9.34. The van der Waals surface area contributed by atoms with Crippen molar-refractivity contribution in [2.24, 2.45) is 0 Å². The molecule has 2 unspecified atom stereocenters. The number of para-hydroxylation sites is 2. The van der Waals surface area contributed by atoms with Gasteiger partial charge in [0.1, 0.15) is 5.82 Å². The number of hydrogen-bond donors (Lipinski definition) is 2. The van der Waals surface area contributed by atoms with Crippen LogP contribution in [0.1, 0.15) is 19.8 Å². The van der Waals surface area contributed by atoms with Crippen molar-refractivity contribution in [1.82, 2.24) is 19.7 Å². The summed E-state index contributed by atoms with van der Waals surface area (Å²) in [5.74, 6) is -0.0382. The number of thioether (sulfide) groups is 1. The van der Waals surface area contributed by atoms with E-state index in [4.69, 9.17) is 4.74 Å². The molecular weight excluding hydrogens is 441 g/mol. The Labute approximate surface area is 194 Å². The Kier molecular flexibility index (Phi) is 6.15. The van der Waals surface area contributed by atoms with Crippen LogP contribution in [0.5, 0.6) is 0 Å². The molecule has 5 rings (SSSR count). The van der Waals surface area contributed by atoms with Gasteiger partial charge in [0.15, 0.2) is 11.0 Å². The van der Waals surface area contributed by atoms with Crippen molar-refractivity contribution in [3.8, 4) is 11.4 Å². The zero-order chi connectivity index (χ0) is 22.8. The van der Waals surface area contributed by atoms with Crippen LogP contribution >= 0.6 is 11.8 Å². The van der Waals surface area contributed by atoms with Gasteiger partial charge in [-0.1, -0.05) is 42.1 Å². The first-order valence-corrected chi connectivity index (χ1v) is 11.8. The van der Waals surface area contributed by atoms with Crippen molar-refractivity contribution in [3.63, 3.8) is 0 Å². The first kappa shape index (κ1) is 21.7. The molecule has 0 spiro atoms. The Bertz CT molecular complexity index is 1280. The molecule has 0 aliphatic carbocycles. The molecule has 3 heterocycles. The van der Waals surface area contributed by atoms with E-state index in [0.29, 0.717) is 11.7 Å². The molecule has 1 fully saturated rings. The van der Waals surface area contributed by atoms with Crippen molar-refractivity contribution in [2.45, 2.75) is 42.8 Å². The fourth-order valence-corrected chi connectivity index (χ4v) is 4.86. The number of halogens is 1. The highest BCUT2D eigenvalue weighted by atomic mass is 32.2. The zero-order valence-corrected chi connectivity index (χ0v) is 18.9. The molecule has 9 heteroatoms. The molecule has 1 aliphatic heterocycles. The van der Waals surface area contributed by atoms with Gasteiger partial charge in [-0.15, -0.1) is 10.2 Å². The van der Waals surface area contributed by atoms with E-state index in [1.165, 1.54) is 17.8 Å². The predicted octanol–water partition coefficient (Wildman–Crippen LogP) is 4.86. The SMILES string of the molecule is CC(Sc1nnc(-c2c[nH]c3ccccc23)n1CC1CCCO1)C(=O)Nc1ccccc1F. The summed E-state index contributed by atoms with van der Waals surface area (Å²) in [6.45, 7) is 3.13. The predicted molar refractivity (Wildman–Crippen MR) is 127 cm³/mol. The lowest BCUT2D eigenvalue weighted by atomic mass is 10.1. The second-order valence-electron chi connectivity index (χ2n) is 8.03. The van der Waals surface area contributed by atoms with Crippen molar-refractivity contribution >= 4 is 34.3 Å². The smallest absolute Gasteiger partial charge is 0.237 e. The first-order chi connectivity index (χ1) is 16.1. The Morgan fingerprint density at radius 3 is 2.91 bits per heavy atom. The van der Waals surface area contributed by atoms with Crippen LogP contribution < -0.4 is 5.32 Å². The summed E-state index contributed by atoms with van der Waals surface area (Å²) in [4.78, 5) is 16.0. The summed E-state index contributed by atoms with van der Waals surface area (Å²) in [6, 6.07) is 14.2. The van der Waals surface area contributed by atoms with Crippen molar-refractivity contribution in [2.75, 3.05) is 11.9 Å². The number of benzene rings is 2. The van der Waals surface area contributed by atoms with Gasteiger partial charge in [-0.3, -0.25) is 9.36 Å². The van der Waals surface area contributed by atoms with Crippen LogP contribution in [0.25, 0.3) is 22.3 Å². The molecule has 4 aromatic rings. The molecule has 1 amide bonds. The summed E-state index contributed by atoms with van der Waals surface area (Å²) in [5.41, 5.74) is 2.13. The Morgan fingerprint density at radius 2 is 2.09 bits per heavy atom. The average molecular weight is 466 g/mol. The number of amides is 1. The molecule has 2 N–H and O–H groups in total. The van der Waals surface area contributed by atoms with Gasteiger partial charge in [0, 0.05) is 29.3 Å². The third-order valence-corrected chi connectivity index (χ3v) is 6.82. The van der Waals surface area contributed by atoms with E-state index in [2.05, 4.69) is 20.5 Å². The van der Waals surface area contributed by atoms with Crippen LogP contribution in [-0.4, -0.2) is 43.6 Å². The van der Waals surface area contributed by atoms with Crippen LogP contribution in [0.3, 0.4) is 0 Å². The Hall–Kier alpha value is -3.17. The number of rotatable bonds is 7. The Balaban J connectivity index is 1.43. The second kappa shape index (κ2) is 9.36. The largest absolute Gasteiger partial charge is 0.376 e. The van der Waals surface area contributed by atoms with Gasteiger partial charge >= 0.3 is 0 Å². The van der Waals surface area contributed by atoms with E-state index in [1.54, 1.807) is 25.1 Å². The molecular formula is C24H24FN5O2S. The normalized spacial score (nSPS) is 16.8. The van der Waals surface area contributed by atoms with Gasteiger partial charge in [-0.05, 0) is 38.0 Å². The zero-order valence-electron chi connectivity index (χ0n) is 18.1. The number of carbonyl (C=O) groups excluding carboxylic acids is 1. The lowest BCUT2D eigenvalue weighted by molar-refractivity contribution is -0.115. The molecule has 2 aromatic heterocycles. The number of carbonyl (C=O) groups is 1. The fourth-order valence-electron chi connectivity index (χ4n) is 4.00. The number of aromatic amines is 1. The molecule has 2 aromatic carbocycles. The van der Waals surface area contributed by atoms with Crippen molar-refractivity contribution in [3.05, 3.63) is 60.5 Å². The van der Waals surface area contributed by atoms with Crippen LogP contribution in [0, 0.1) is 5.82 Å². The van der Waals surface area contributed by atoms with Crippen LogP contribution in [0.2, 0.25) is 0 Å². The Morgan fingerprint density at radius 1 is 1.27 bits per heavy atom. The van der Waals surface area contributed by atoms with E-state index < -0.39 is 11.1 Å². The molecule has 33 heavy (non-hydrogen) atoms. The number of hydrogen-bond acceptors (Lipinski definition) is 5. The summed E-state index contributed by atoms with van der Waals surface area (Å²) >= 11 is 1.30. The number of anilines is 1. The number of H-pyrrole nitrogens is 1. The molecule has 0 bridgehead atoms. The van der Waals surface area contributed by atoms with E-state index >= 15 is 0 Å². The van der Waals surface area contributed by atoms with E-state index in [-0.39, 0.29) is 17.7 Å². The maximum Gasteiger partial charge on any atom is 0.237 e. The third-order valence-electron chi connectivity index (χ3n) is 5.74. The van der Waals surface area contributed by atoms with E-state index in [9.17, 15) is 9.18 Å². The topological polar surface area (TPSA) is 84.8 Å². The highest BCUT2D eigenvalue weighted by molar-refractivity contribution is 8.00. The standard InChI is InChI=1S/C24H24FN5O2S/c1-15(23(31)27-21-11-5-3-9-19(21)25)33-24-29-28-22(30(24)14-16-7-6-12-32-16)18-13-26-20-10-4-2-8-17(18)20/h2-5,8-11,13,15-16,26H,6-7,12,14H2,1H3,(H,27,31). The van der Waals surface area contributed by atoms with E-state index in [0.717, 1.165) is 41.7 Å². The lowest BCUT2D eigenvalue weighted by Crippen LogP contribution is -2.24. The maximum atomic E-state index is 14.0. The molecule has 1 saturated heterocycles. The molecule has 7 nitrogen and oxygen atoms in total. The van der Waals surface area contributed by atoms with Crippen LogP contribution in [-0.2, 0) is 16.1 Å². The van der Waals surface area contributed by atoms with Gasteiger partial charge in [-0.2, -0.15) is 0 Å². The number of aromatic nitrogens is 4. The molecule has 1 aliphatic rings. The highest BCUT2D eigenvalue weighted by Crippen LogP contribution is 2.32. The minimum atomic E-state index is -0.507. The van der Waals surface area contributed by atoms with Crippen molar-refractivity contribution in [1.29, 1.82) is 0 Å². The van der Waals surface area contributed by atoms with E-state index in [1.807, 2.05) is 35.0 Å². The average Bonchev–Trinajstić information content (AvgIpc) is 3.56. The van der Waals surface area contributed by atoms with Crippen LogP contribution in [0.15, 0.2) is 59.9 Å². The third kappa shape index (κ3) is 4.51. The quantitative estimate of drug-likeness (QED) is 0.381. The van der Waals surface area contributed by atoms with Gasteiger partial charge in [-0.25, -0.2) is 4.39 Å². The molecule has 0 saturated carbocycles. The minimum absolute atomic E-state index is 0.0758. The number of ether oxygens (including phenoxy) is 1. The minimum Gasteiger partial charge on any atom is -0.376 e. The molecule has 170 valence electrons. The van der Waals surface area contributed by atoms with Gasteiger partial charge < -0.3 is 15.0 Å². The maximum absolute atomic E-state index is 14.0. The van der Waals surface area contributed by atoms with Gasteiger partial charge in [0.05, 0.1) is 23.6 Å². The first-order valence-electron chi connectivity index (χ1n) is 10.9. The fraction of sp³-hybridized carbons (Fsp3) is 0.292. The summed E-state index contributed by atoms with van der Waals surface area (Å²) in [5, 5.41) is 12.7. The van der Waals surface area contributed by atoms with Crippen molar-refractivity contribution < 1.29 is 13.9 Å². The lowest BCUT2D eigenvalue weighted by Gasteiger charge is -2.16. The summed E-state index contributed by atoms with van der Waals surface area (Å²) in [7, 11) is 0.